The van der Waals surface area contributed by atoms with Crippen LogP contribution in [0.2, 0.25) is 0 Å². The Morgan fingerprint density at radius 2 is 0.831 bits per heavy atom. The molecule has 0 bridgehead atoms. The Labute approximate surface area is 370 Å². The van der Waals surface area contributed by atoms with Crippen LogP contribution in [0.5, 0.6) is 0 Å². The van der Waals surface area contributed by atoms with E-state index < -0.39 is 0 Å². The van der Waals surface area contributed by atoms with Gasteiger partial charge in [-0.15, -0.1) is 0 Å². The summed E-state index contributed by atoms with van der Waals surface area (Å²) >= 11 is 0. The number of hydrogen-bond donors (Lipinski definition) is 0. The van der Waals surface area contributed by atoms with Gasteiger partial charge >= 0.3 is 0 Å². The van der Waals surface area contributed by atoms with Crippen LogP contribution >= 0.6 is 0 Å². The first-order valence-corrected chi connectivity index (χ1v) is 21.7. The molecule has 0 unspecified atom stereocenters. The van der Waals surface area contributed by atoms with E-state index in [1.165, 1.54) is 26.9 Å². The van der Waals surface area contributed by atoms with Crippen molar-refractivity contribution in [2.45, 2.75) is 0 Å². The summed E-state index contributed by atoms with van der Waals surface area (Å²) in [7, 11) is 0. The molecule has 0 atom stereocenters. The zero-order valence-electron chi connectivity index (χ0n) is 34.6. The zero-order valence-corrected chi connectivity index (χ0v) is 34.6. The second-order valence-corrected chi connectivity index (χ2v) is 16.6. The number of imidazole rings is 1. The van der Waals surface area contributed by atoms with E-state index in [-0.39, 0.29) is 0 Å². The first kappa shape index (κ1) is 35.6. The largest absolute Gasteiger partial charge is 0.456 e. The Balaban J connectivity index is 0.981. The van der Waals surface area contributed by atoms with Crippen LogP contribution in [0.15, 0.2) is 209 Å². The summed E-state index contributed by atoms with van der Waals surface area (Å²) in [5.74, 6) is 2.45. The molecule has 0 saturated heterocycles. The number of nitrogens with zero attached hydrogens (tertiary/aromatic N) is 5. The molecule has 0 amide bonds. The molecule has 0 N–H and O–H groups in total. The highest BCUT2D eigenvalue weighted by Gasteiger charge is 2.21. The Morgan fingerprint density at radius 3 is 1.55 bits per heavy atom. The number of benzene rings is 10. The van der Waals surface area contributed by atoms with Crippen LogP contribution in [-0.4, -0.2) is 24.5 Å². The quantitative estimate of drug-likeness (QED) is 0.161. The Morgan fingerprint density at radius 1 is 0.323 bits per heavy atom. The highest BCUT2D eigenvalue weighted by molar-refractivity contribution is 6.25. The van der Waals surface area contributed by atoms with Gasteiger partial charge in [0.25, 0.3) is 0 Å². The topological polar surface area (TPSA) is 82.8 Å². The first-order valence-electron chi connectivity index (χ1n) is 21.7. The standard InChI is InChI=1S/C58H33N5O2/c1-2-17-40-38(15-1)39-16-3-4-18-41(39)48-32-35(27-29-42(40)48)56-60-55(61-57(62-56)36-28-30-45-43-19-5-9-25-51(43)64-53(45)33-36)34-13-11-14-37(31-34)63-50-24-8-7-23-49(50)59-58(63)47-22-12-21-46-44-20-6-10-26-52(44)65-54(46)47/h1-33H. The molecule has 14 aromatic rings. The molecule has 0 aliphatic carbocycles. The van der Waals surface area contributed by atoms with E-state index in [9.17, 15) is 0 Å². The van der Waals surface area contributed by atoms with Gasteiger partial charge < -0.3 is 8.83 Å². The maximum atomic E-state index is 6.56. The van der Waals surface area contributed by atoms with Crippen LogP contribution in [0.3, 0.4) is 0 Å². The first-order chi connectivity index (χ1) is 32.2. The minimum atomic E-state index is 0.547. The summed E-state index contributed by atoms with van der Waals surface area (Å²) in [6.45, 7) is 0. The van der Waals surface area contributed by atoms with Crippen molar-refractivity contribution in [2.75, 3.05) is 0 Å². The Hall–Kier alpha value is -8.94. The predicted molar refractivity (Wildman–Crippen MR) is 263 cm³/mol. The lowest BCUT2D eigenvalue weighted by molar-refractivity contribution is 0.669. The molecule has 0 aliphatic rings. The molecule has 7 nitrogen and oxygen atoms in total. The van der Waals surface area contributed by atoms with Crippen molar-refractivity contribution in [1.29, 1.82) is 0 Å². The minimum Gasteiger partial charge on any atom is -0.456 e. The van der Waals surface area contributed by atoms with Crippen molar-refractivity contribution in [3.63, 3.8) is 0 Å². The molecule has 0 fully saturated rings. The van der Waals surface area contributed by atoms with Gasteiger partial charge in [-0.1, -0.05) is 140 Å². The number of aromatic nitrogens is 5. The number of fused-ring (bicyclic) bond motifs is 13. The molecule has 0 saturated carbocycles. The second kappa shape index (κ2) is 13.8. The molecule has 302 valence electrons. The molecule has 4 heterocycles. The van der Waals surface area contributed by atoms with Gasteiger partial charge in [0.05, 0.1) is 16.6 Å². The molecule has 0 spiro atoms. The summed E-state index contributed by atoms with van der Waals surface area (Å²) in [5.41, 5.74) is 9.48. The van der Waals surface area contributed by atoms with Crippen molar-refractivity contribution in [3.8, 4) is 51.2 Å². The molecule has 14 rings (SSSR count). The summed E-state index contributed by atoms with van der Waals surface area (Å²) in [6.07, 6.45) is 0. The average molecular weight is 832 g/mol. The minimum absolute atomic E-state index is 0.547. The van der Waals surface area contributed by atoms with Gasteiger partial charge in [-0.2, -0.15) is 0 Å². The SMILES string of the molecule is c1cc(-c2nc(-c3ccc4c(c3)oc3ccccc34)nc(-c3ccc4c5ccccc5c5ccccc5c4c3)n2)cc(-n2c(-c3cccc4c3oc3ccccc34)nc3ccccc32)c1. The lowest BCUT2D eigenvalue weighted by Gasteiger charge is -2.13. The summed E-state index contributed by atoms with van der Waals surface area (Å²) < 4.78 is 15.1. The normalized spacial score (nSPS) is 12.0. The highest BCUT2D eigenvalue weighted by Crippen LogP contribution is 2.40. The molecular weight excluding hydrogens is 799 g/mol. The van der Waals surface area contributed by atoms with E-state index in [0.29, 0.717) is 17.5 Å². The van der Waals surface area contributed by atoms with Gasteiger partial charge in [-0.05, 0) is 93.0 Å². The Bertz CT molecular complexity index is 4240. The van der Waals surface area contributed by atoms with Crippen molar-refractivity contribution < 1.29 is 8.83 Å². The fourth-order valence-electron chi connectivity index (χ4n) is 9.85. The fraction of sp³-hybridized carbons (Fsp3) is 0. The third kappa shape index (κ3) is 5.49. The van der Waals surface area contributed by atoms with E-state index >= 15 is 0 Å². The van der Waals surface area contributed by atoms with Crippen LogP contribution in [-0.2, 0) is 0 Å². The summed E-state index contributed by atoms with van der Waals surface area (Å²) in [6, 6.07) is 69.2. The van der Waals surface area contributed by atoms with Crippen LogP contribution < -0.4 is 0 Å². The molecule has 4 aromatic heterocycles. The van der Waals surface area contributed by atoms with Crippen molar-refractivity contribution in [3.05, 3.63) is 200 Å². The number of hydrogen-bond acceptors (Lipinski definition) is 6. The molecule has 7 heteroatoms. The van der Waals surface area contributed by atoms with Gasteiger partial charge in [0.15, 0.2) is 17.5 Å². The predicted octanol–water partition coefficient (Wildman–Crippen LogP) is 15.1. The van der Waals surface area contributed by atoms with E-state index in [1.54, 1.807) is 0 Å². The zero-order chi connectivity index (χ0) is 42.6. The molecule has 65 heavy (non-hydrogen) atoms. The summed E-state index contributed by atoms with van der Waals surface area (Å²) in [4.78, 5) is 21.0. The second-order valence-electron chi connectivity index (χ2n) is 16.6. The Kier molecular flexibility index (Phi) is 7.55. The van der Waals surface area contributed by atoms with Gasteiger partial charge in [0.2, 0.25) is 0 Å². The van der Waals surface area contributed by atoms with Gasteiger partial charge in [-0.25, -0.2) is 19.9 Å². The lowest BCUT2D eigenvalue weighted by atomic mass is 9.93. The van der Waals surface area contributed by atoms with Gasteiger partial charge in [-0.3, -0.25) is 4.57 Å². The van der Waals surface area contributed by atoms with E-state index in [0.717, 1.165) is 94.1 Å². The average Bonchev–Trinajstić information content (AvgIpc) is 4.08. The third-order valence-electron chi connectivity index (χ3n) is 12.8. The molecule has 10 aromatic carbocycles. The van der Waals surface area contributed by atoms with E-state index in [1.807, 2.05) is 48.5 Å². The summed E-state index contributed by atoms with van der Waals surface area (Å²) in [5, 5.41) is 11.4. The van der Waals surface area contributed by atoms with E-state index in [4.69, 9.17) is 28.8 Å². The van der Waals surface area contributed by atoms with Crippen molar-refractivity contribution in [1.82, 2.24) is 24.5 Å². The van der Waals surface area contributed by atoms with Crippen LogP contribution in [0.1, 0.15) is 0 Å². The maximum Gasteiger partial charge on any atom is 0.164 e. The van der Waals surface area contributed by atoms with Crippen LogP contribution in [0.4, 0.5) is 0 Å². The number of para-hydroxylation sites is 5. The van der Waals surface area contributed by atoms with Gasteiger partial charge in [0.1, 0.15) is 28.2 Å². The van der Waals surface area contributed by atoms with Crippen LogP contribution in [0, 0.1) is 0 Å². The molecule has 0 aliphatic heterocycles. The van der Waals surface area contributed by atoms with E-state index in [2.05, 4.69) is 156 Å². The number of furan rings is 2. The number of rotatable bonds is 5. The molecule has 0 radical (unpaired) electrons. The smallest absolute Gasteiger partial charge is 0.164 e. The lowest BCUT2D eigenvalue weighted by Crippen LogP contribution is -2.02. The monoisotopic (exact) mass is 831 g/mol. The highest BCUT2D eigenvalue weighted by atomic mass is 16.3. The maximum absolute atomic E-state index is 6.56. The fourth-order valence-corrected chi connectivity index (χ4v) is 9.85. The van der Waals surface area contributed by atoms with Crippen molar-refractivity contribution >= 4 is 87.2 Å². The van der Waals surface area contributed by atoms with Crippen molar-refractivity contribution in [2.24, 2.45) is 0 Å². The third-order valence-corrected chi connectivity index (χ3v) is 12.8. The van der Waals surface area contributed by atoms with Gasteiger partial charge in [0, 0.05) is 43.9 Å². The van der Waals surface area contributed by atoms with Crippen LogP contribution in [0.25, 0.3) is 138 Å². The molecular formula is C58H33N5O2.